The van der Waals surface area contributed by atoms with Crippen molar-refractivity contribution in [3.63, 3.8) is 0 Å². The van der Waals surface area contributed by atoms with Crippen LogP contribution < -0.4 is 10.5 Å². The molecule has 8 heteroatoms. The zero-order valence-corrected chi connectivity index (χ0v) is 20.4. The summed E-state index contributed by atoms with van der Waals surface area (Å²) in [4.78, 5) is 19.0. The third-order valence-corrected chi connectivity index (χ3v) is 4.81. The van der Waals surface area contributed by atoms with E-state index in [0.717, 1.165) is 0 Å². The standard InChI is InChI=1S/C25H36FN3O4/c1-7-31-22(32-8-2)17-29(16-19-10-9-11-21(26)28-19)23(30)25(6,27)18-12-14-20(15-13-18)33-24(3,4)5/h9-15,22H,7-8,16-17,27H2,1-6H3/t25-/m0/s1. The summed E-state index contributed by atoms with van der Waals surface area (Å²) in [6.45, 7) is 12.2. The Labute approximate surface area is 196 Å². The number of benzene rings is 1. The first-order valence-electron chi connectivity index (χ1n) is 11.2. The maximum absolute atomic E-state index is 13.7. The Balaban J connectivity index is 2.31. The molecule has 1 amide bonds. The molecule has 0 saturated heterocycles. The monoisotopic (exact) mass is 461 g/mol. The van der Waals surface area contributed by atoms with E-state index in [9.17, 15) is 9.18 Å². The number of amides is 1. The molecule has 0 spiro atoms. The highest BCUT2D eigenvalue weighted by atomic mass is 19.1. The molecule has 33 heavy (non-hydrogen) atoms. The number of halogens is 1. The molecular weight excluding hydrogens is 425 g/mol. The second-order valence-corrected chi connectivity index (χ2v) is 8.92. The number of carbonyl (C=O) groups excluding carboxylic acids is 1. The lowest BCUT2D eigenvalue weighted by atomic mass is 9.91. The summed E-state index contributed by atoms with van der Waals surface area (Å²) in [7, 11) is 0. The number of ether oxygens (including phenoxy) is 3. The first-order chi connectivity index (χ1) is 15.5. The van der Waals surface area contributed by atoms with Crippen molar-refractivity contribution in [1.29, 1.82) is 0 Å². The molecule has 0 aliphatic rings. The highest BCUT2D eigenvalue weighted by molar-refractivity contribution is 5.87. The Hall–Kier alpha value is -2.55. The zero-order chi connectivity index (χ0) is 24.6. The van der Waals surface area contributed by atoms with Gasteiger partial charge in [-0.25, -0.2) is 4.98 Å². The summed E-state index contributed by atoms with van der Waals surface area (Å²) in [6, 6.07) is 11.6. The van der Waals surface area contributed by atoms with Crippen LogP contribution in [0.25, 0.3) is 0 Å². The number of pyridine rings is 1. The van der Waals surface area contributed by atoms with Crippen molar-refractivity contribution >= 4 is 5.91 Å². The smallest absolute Gasteiger partial charge is 0.247 e. The van der Waals surface area contributed by atoms with E-state index in [2.05, 4.69) is 4.98 Å². The van der Waals surface area contributed by atoms with Crippen molar-refractivity contribution in [3.05, 3.63) is 59.7 Å². The first kappa shape index (κ1) is 26.7. The number of hydrogen-bond acceptors (Lipinski definition) is 6. The third-order valence-electron chi connectivity index (χ3n) is 4.81. The molecule has 0 fully saturated rings. The Morgan fingerprint density at radius 3 is 2.18 bits per heavy atom. The maximum Gasteiger partial charge on any atom is 0.247 e. The molecule has 7 nitrogen and oxygen atoms in total. The van der Waals surface area contributed by atoms with Gasteiger partial charge in [-0.05, 0) is 71.4 Å². The van der Waals surface area contributed by atoms with Gasteiger partial charge in [-0.1, -0.05) is 18.2 Å². The number of carbonyl (C=O) groups is 1. The predicted molar refractivity (Wildman–Crippen MR) is 125 cm³/mol. The summed E-state index contributed by atoms with van der Waals surface area (Å²) in [5, 5.41) is 0. The lowest BCUT2D eigenvalue weighted by Crippen LogP contribution is -2.53. The van der Waals surface area contributed by atoms with E-state index in [0.29, 0.717) is 30.2 Å². The van der Waals surface area contributed by atoms with Crippen LogP contribution in [-0.4, -0.2) is 47.4 Å². The molecule has 2 rings (SSSR count). The van der Waals surface area contributed by atoms with Crippen molar-refractivity contribution in [2.24, 2.45) is 5.73 Å². The van der Waals surface area contributed by atoms with Gasteiger partial charge in [0.25, 0.3) is 0 Å². The van der Waals surface area contributed by atoms with Gasteiger partial charge in [0, 0.05) is 13.2 Å². The third kappa shape index (κ3) is 8.07. The Morgan fingerprint density at radius 1 is 1.06 bits per heavy atom. The van der Waals surface area contributed by atoms with E-state index in [1.54, 1.807) is 43.3 Å². The predicted octanol–water partition coefficient (Wildman–Crippen LogP) is 4.00. The van der Waals surface area contributed by atoms with Gasteiger partial charge in [0.05, 0.1) is 18.8 Å². The van der Waals surface area contributed by atoms with Crippen molar-refractivity contribution < 1.29 is 23.4 Å². The molecule has 1 aromatic heterocycles. The molecule has 1 heterocycles. The van der Waals surface area contributed by atoms with Gasteiger partial charge >= 0.3 is 0 Å². The van der Waals surface area contributed by atoms with E-state index in [-0.39, 0.29) is 24.6 Å². The number of hydrogen-bond donors (Lipinski definition) is 1. The van der Waals surface area contributed by atoms with Crippen LogP contribution >= 0.6 is 0 Å². The summed E-state index contributed by atoms with van der Waals surface area (Å²) >= 11 is 0. The second-order valence-electron chi connectivity index (χ2n) is 8.92. The lowest BCUT2D eigenvalue weighted by Gasteiger charge is -2.34. The Bertz CT molecular complexity index is 891. The lowest BCUT2D eigenvalue weighted by molar-refractivity contribution is -0.162. The fourth-order valence-corrected chi connectivity index (χ4v) is 3.33. The highest BCUT2D eigenvalue weighted by Crippen LogP contribution is 2.26. The molecule has 0 aliphatic carbocycles. The van der Waals surface area contributed by atoms with Crippen LogP contribution in [0.4, 0.5) is 4.39 Å². The molecule has 0 saturated carbocycles. The van der Waals surface area contributed by atoms with E-state index >= 15 is 0 Å². The zero-order valence-electron chi connectivity index (χ0n) is 20.4. The van der Waals surface area contributed by atoms with Crippen LogP contribution in [0.1, 0.15) is 52.8 Å². The number of rotatable bonds is 11. The second kappa shape index (κ2) is 11.5. The summed E-state index contributed by atoms with van der Waals surface area (Å²) in [6.07, 6.45) is -0.643. The van der Waals surface area contributed by atoms with E-state index in [1.807, 2.05) is 34.6 Å². The molecule has 2 aromatic rings. The van der Waals surface area contributed by atoms with Gasteiger partial charge < -0.3 is 24.8 Å². The van der Waals surface area contributed by atoms with Crippen molar-refractivity contribution in [1.82, 2.24) is 9.88 Å². The van der Waals surface area contributed by atoms with Crippen molar-refractivity contribution in [3.8, 4) is 5.75 Å². The first-order valence-corrected chi connectivity index (χ1v) is 11.2. The SMILES string of the molecule is CCOC(CN(Cc1cccc(F)n1)C(=O)[C@@](C)(N)c1ccc(OC(C)(C)C)cc1)OCC. The van der Waals surface area contributed by atoms with Gasteiger partial charge in [0.1, 0.15) is 16.9 Å². The largest absolute Gasteiger partial charge is 0.488 e. The van der Waals surface area contributed by atoms with E-state index < -0.39 is 17.8 Å². The quantitative estimate of drug-likeness (QED) is 0.402. The number of nitrogens with two attached hydrogens (primary N) is 1. The number of nitrogens with zero attached hydrogens (tertiary/aromatic N) is 2. The van der Waals surface area contributed by atoms with Crippen LogP contribution in [0.5, 0.6) is 5.75 Å². The number of aromatic nitrogens is 1. The Kier molecular flexibility index (Phi) is 9.34. The van der Waals surface area contributed by atoms with Gasteiger partial charge in [0.2, 0.25) is 11.9 Å². The summed E-state index contributed by atoms with van der Waals surface area (Å²) in [5.41, 5.74) is 5.89. The minimum absolute atomic E-state index is 0.0608. The molecule has 0 unspecified atom stereocenters. The molecule has 182 valence electrons. The van der Waals surface area contributed by atoms with Crippen molar-refractivity contribution in [2.45, 2.75) is 65.5 Å². The van der Waals surface area contributed by atoms with Gasteiger partial charge in [-0.15, -0.1) is 0 Å². The molecule has 1 atom stereocenters. The van der Waals surface area contributed by atoms with E-state index in [4.69, 9.17) is 19.9 Å². The molecule has 1 aromatic carbocycles. The molecule has 0 bridgehead atoms. The van der Waals surface area contributed by atoms with Gasteiger partial charge in [-0.2, -0.15) is 4.39 Å². The average Bonchev–Trinajstić information content (AvgIpc) is 2.72. The van der Waals surface area contributed by atoms with E-state index in [1.165, 1.54) is 11.0 Å². The fraction of sp³-hybridized carbons (Fsp3) is 0.520. The normalized spacial score (nSPS) is 13.6. The minimum Gasteiger partial charge on any atom is -0.488 e. The molecule has 0 radical (unpaired) electrons. The van der Waals surface area contributed by atoms with Gasteiger partial charge in [0.15, 0.2) is 6.29 Å². The summed E-state index contributed by atoms with van der Waals surface area (Å²) in [5.74, 6) is -0.290. The van der Waals surface area contributed by atoms with Crippen LogP contribution in [-0.2, 0) is 26.4 Å². The average molecular weight is 462 g/mol. The van der Waals surface area contributed by atoms with Crippen molar-refractivity contribution in [2.75, 3.05) is 19.8 Å². The fourth-order valence-electron chi connectivity index (χ4n) is 3.33. The van der Waals surface area contributed by atoms with Gasteiger partial charge in [-0.3, -0.25) is 4.79 Å². The minimum atomic E-state index is -1.35. The molecule has 0 aliphatic heterocycles. The Morgan fingerprint density at radius 2 is 1.67 bits per heavy atom. The topological polar surface area (TPSA) is 86.9 Å². The maximum atomic E-state index is 13.7. The molecular formula is C25H36FN3O4. The molecule has 2 N–H and O–H groups in total. The highest BCUT2D eigenvalue weighted by Gasteiger charge is 2.36. The van der Waals surface area contributed by atoms with Crippen LogP contribution in [0.3, 0.4) is 0 Å². The van der Waals surface area contributed by atoms with Crippen LogP contribution in [0, 0.1) is 5.95 Å². The van der Waals surface area contributed by atoms with Crippen LogP contribution in [0.15, 0.2) is 42.5 Å². The summed E-state index contributed by atoms with van der Waals surface area (Å²) < 4.78 is 30.8. The van der Waals surface area contributed by atoms with Crippen LogP contribution in [0.2, 0.25) is 0 Å².